The highest BCUT2D eigenvalue weighted by Crippen LogP contribution is 2.17. The van der Waals surface area contributed by atoms with Crippen molar-refractivity contribution in [1.29, 1.82) is 0 Å². The van der Waals surface area contributed by atoms with Crippen LogP contribution < -0.4 is 0 Å². The van der Waals surface area contributed by atoms with E-state index in [-0.39, 0.29) is 18.0 Å². The number of carbonyl (C=O) groups excluding carboxylic acids is 1. The highest BCUT2D eigenvalue weighted by Gasteiger charge is 2.28. The van der Waals surface area contributed by atoms with Crippen LogP contribution in [0.15, 0.2) is 0 Å². The highest BCUT2D eigenvalue weighted by molar-refractivity contribution is 5.72. The van der Waals surface area contributed by atoms with Crippen LogP contribution in [0, 0.1) is 5.92 Å². The van der Waals surface area contributed by atoms with E-state index in [9.17, 15) is 4.79 Å². The molecule has 1 heterocycles. The summed E-state index contributed by atoms with van der Waals surface area (Å²) in [6, 6.07) is 0. The first kappa shape index (κ1) is 9.48. The lowest BCUT2D eigenvalue weighted by Crippen LogP contribution is -2.35. The maximum atomic E-state index is 11.1. The molecule has 0 radical (unpaired) electrons. The van der Waals surface area contributed by atoms with Gasteiger partial charge in [0.15, 0.2) is 0 Å². The Balaban J connectivity index is 2.40. The van der Waals surface area contributed by atoms with Gasteiger partial charge in [0.05, 0.1) is 32.3 Å². The quantitative estimate of drug-likeness (QED) is 0.561. The number of ether oxygens (including phenoxy) is 3. The van der Waals surface area contributed by atoms with Crippen molar-refractivity contribution in [3.05, 3.63) is 0 Å². The number of rotatable bonds is 2. The zero-order valence-electron chi connectivity index (χ0n) is 7.41. The maximum Gasteiger partial charge on any atom is 0.311 e. The molecule has 0 amide bonds. The van der Waals surface area contributed by atoms with E-state index in [4.69, 9.17) is 9.47 Å². The van der Waals surface area contributed by atoms with E-state index in [1.54, 1.807) is 7.11 Å². The molecule has 70 valence electrons. The van der Waals surface area contributed by atoms with Gasteiger partial charge in [-0.3, -0.25) is 4.79 Å². The second kappa shape index (κ2) is 4.42. The number of hydrogen-bond acceptors (Lipinski definition) is 4. The molecule has 1 aliphatic rings. The molecule has 4 nitrogen and oxygen atoms in total. The summed E-state index contributed by atoms with van der Waals surface area (Å²) in [5.74, 6) is -0.370. The van der Waals surface area contributed by atoms with E-state index < -0.39 is 0 Å². The van der Waals surface area contributed by atoms with Crippen molar-refractivity contribution in [3.8, 4) is 0 Å². The molecule has 2 atom stereocenters. The lowest BCUT2D eigenvalue weighted by atomic mass is 10.0. The van der Waals surface area contributed by atoms with Crippen molar-refractivity contribution in [2.45, 2.75) is 12.5 Å². The molecule has 0 bridgehead atoms. The van der Waals surface area contributed by atoms with Crippen LogP contribution in [0.3, 0.4) is 0 Å². The van der Waals surface area contributed by atoms with E-state index in [1.807, 2.05) is 0 Å². The minimum absolute atomic E-state index is 0.0304. The van der Waals surface area contributed by atoms with Crippen molar-refractivity contribution in [3.63, 3.8) is 0 Å². The summed E-state index contributed by atoms with van der Waals surface area (Å²) in [7, 11) is 3.01. The predicted molar refractivity (Wildman–Crippen MR) is 41.7 cm³/mol. The third kappa shape index (κ3) is 2.19. The first-order valence-electron chi connectivity index (χ1n) is 3.96. The molecule has 0 spiro atoms. The van der Waals surface area contributed by atoms with Gasteiger partial charge in [0.25, 0.3) is 0 Å². The van der Waals surface area contributed by atoms with Crippen molar-refractivity contribution >= 4 is 5.97 Å². The van der Waals surface area contributed by atoms with E-state index in [0.29, 0.717) is 19.6 Å². The zero-order chi connectivity index (χ0) is 8.97. The molecule has 0 unspecified atom stereocenters. The van der Waals surface area contributed by atoms with E-state index in [1.165, 1.54) is 7.11 Å². The summed E-state index contributed by atoms with van der Waals surface area (Å²) in [5.41, 5.74) is 0. The second-order valence-corrected chi connectivity index (χ2v) is 2.85. The third-order valence-electron chi connectivity index (χ3n) is 2.04. The van der Waals surface area contributed by atoms with Gasteiger partial charge in [0, 0.05) is 7.11 Å². The molecule has 0 aliphatic carbocycles. The monoisotopic (exact) mass is 174 g/mol. The maximum absolute atomic E-state index is 11.1. The minimum Gasteiger partial charge on any atom is -0.469 e. The molecule has 1 aliphatic heterocycles. The average molecular weight is 174 g/mol. The lowest BCUT2D eigenvalue weighted by molar-refractivity contribution is -0.154. The van der Waals surface area contributed by atoms with Gasteiger partial charge in [-0.15, -0.1) is 0 Å². The van der Waals surface area contributed by atoms with Gasteiger partial charge in [-0.05, 0) is 6.42 Å². The Kier molecular flexibility index (Phi) is 3.49. The van der Waals surface area contributed by atoms with Gasteiger partial charge >= 0.3 is 5.97 Å². The molecule has 1 saturated heterocycles. The third-order valence-corrected chi connectivity index (χ3v) is 2.04. The molecule has 4 heteroatoms. The summed E-state index contributed by atoms with van der Waals surface area (Å²) in [6.07, 6.45) is 0.728. The molecule has 0 N–H and O–H groups in total. The number of hydrogen-bond donors (Lipinski definition) is 0. The molecule has 0 aromatic heterocycles. The minimum atomic E-state index is -0.211. The number of methoxy groups -OCH3 is 2. The van der Waals surface area contributed by atoms with Crippen molar-refractivity contribution in [1.82, 2.24) is 0 Å². The van der Waals surface area contributed by atoms with Gasteiger partial charge in [-0.2, -0.15) is 0 Å². The first-order chi connectivity index (χ1) is 5.77. The Labute approximate surface area is 71.8 Å². The molecule has 1 rings (SSSR count). The molecule has 0 aromatic carbocycles. The fourth-order valence-corrected chi connectivity index (χ4v) is 1.29. The number of esters is 1. The zero-order valence-corrected chi connectivity index (χ0v) is 7.41. The van der Waals surface area contributed by atoms with Crippen LogP contribution in [0.2, 0.25) is 0 Å². The van der Waals surface area contributed by atoms with Crippen LogP contribution in [0.4, 0.5) is 0 Å². The van der Waals surface area contributed by atoms with Crippen molar-refractivity contribution in [2.75, 3.05) is 27.4 Å². The van der Waals surface area contributed by atoms with Gasteiger partial charge < -0.3 is 14.2 Å². The van der Waals surface area contributed by atoms with Crippen LogP contribution >= 0.6 is 0 Å². The van der Waals surface area contributed by atoms with Crippen LogP contribution in [-0.4, -0.2) is 39.5 Å². The molecule has 0 saturated carbocycles. The largest absolute Gasteiger partial charge is 0.469 e. The van der Waals surface area contributed by atoms with Crippen molar-refractivity contribution in [2.24, 2.45) is 5.92 Å². The van der Waals surface area contributed by atoms with Crippen molar-refractivity contribution < 1.29 is 19.0 Å². The predicted octanol–water partition coefficient (Wildman–Crippen LogP) is 0.211. The molecule has 0 aromatic rings. The van der Waals surface area contributed by atoms with Gasteiger partial charge in [-0.1, -0.05) is 0 Å². The van der Waals surface area contributed by atoms with Crippen LogP contribution in [0.5, 0.6) is 0 Å². The summed E-state index contributed by atoms with van der Waals surface area (Å²) >= 11 is 0. The second-order valence-electron chi connectivity index (χ2n) is 2.85. The summed E-state index contributed by atoms with van der Waals surface area (Å²) in [5, 5.41) is 0. The van der Waals surface area contributed by atoms with Crippen LogP contribution in [0.1, 0.15) is 6.42 Å². The normalized spacial score (nSPS) is 29.8. The highest BCUT2D eigenvalue weighted by atomic mass is 16.5. The molecule has 12 heavy (non-hydrogen) atoms. The first-order valence-corrected chi connectivity index (χ1v) is 3.96. The standard InChI is InChI=1S/C8H14O4/c1-10-7-3-6(4-12-5-7)8(9)11-2/h6-7H,3-5H2,1-2H3/t6-,7-/m1/s1. The van der Waals surface area contributed by atoms with Crippen LogP contribution in [0.25, 0.3) is 0 Å². The fourth-order valence-electron chi connectivity index (χ4n) is 1.29. The topological polar surface area (TPSA) is 44.8 Å². The van der Waals surface area contributed by atoms with E-state index in [0.717, 1.165) is 0 Å². The Bertz CT molecular complexity index is 157. The molecular weight excluding hydrogens is 160 g/mol. The Hall–Kier alpha value is -0.610. The van der Waals surface area contributed by atoms with E-state index in [2.05, 4.69) is 4.74 Å². The smallest absolute Gasteiger partial charge is 0.311 e. The average Bonchev–Trinajstić information content (AvgIpc) is 2.17. The van der Waals surface area contributed by atoms with Gasteiger partial charge in [-0.25, -0.2) is 0 Å². The SMILES string of the molecule is COC(=O)[C@H]1COC[C@H](OC)C1. The summed E-state index contributed by atoms with van der Waals surface area (Å²) < 4.78 is 14.9. The van der Waals surface area contributed by atoms with E-state index >= 15 is 0 Å². The number of carbonyl (C=O) groups is 1. The van der Waals surface area contributed by atoms with Crippen LogP contribution in [-0.2, 0) is 19.0 Å². The summed E-state index contributed by atoms with van der Waals surface area (Å²) in [6.45, 7) is 1.02. The molecular formula is C8H14O4. The lowest BCUT2D eigenvalue weighted by Gasteiger charge is -2.26. The Morgan fingerprint density at radius 1 is 1.42 bits per heavy atom. The van der Waals surface area contributed by atoms with Gasteiger partial charge in [0.2, 0.25) is 0 Å². The molecule has 1 fully saturated rings. The van der Waals surface area contributed by atoms with Gasteiger partial charge in [0.1, 0.15) is 0 Å². The Morgan fingerprint density at radius 3 is 2.75 bits per heavy atom. The summed E-state index contributed by atoms with van der Waals surface area (Å²) in [4.78, 5) is 11.1. The fraction of sp³-hybridized carbons (Fsp3) is 0.875. The Morgan fingerprint density at radius 2 is 2.17 bits per heavy atom.